The van der Waals surface area contributed by atoms with E-state index in [9.17, 15) is 4.21 Å². The van der Waals surface area contributed by atoms with Gasteiger partial charge in [0, 0.05) is 0 Å². The Balaban J connectivity index is -0.0000000817. The largest absolute Gasteiger partial charge is 0.412 e. The van der Waals surface area contributed by atoms with Gasteiger partial charge in [-0.05, 0) is 6.42 Å². The lowest BCUT2D eigenvalue weighted by Crippen LogP contribution is -2.04. The molecule has 0 aliphatic rings. The van der Waals surface area contributed by atoms with Crippen LogP contribution in [0, 0.1) is 0 Å². The molecule has 5 nitrogen and oxygen atoms in total. The Labute approximate surface area is 73.8 Å². The molecule has 0 saturated heterocycles. The zero-order chi connectivity index (χ0) is 6.57. The van der Waals surface area contributed by atoms with E-state index in [4.69, 9.17) is 4.55 Å². The van der Waals surface area contributed by atoms with Crippen LogP contribution in [0.2, 0.25) is 0 Å². The summed E-state index contributed by atoms with van der Waals surface area (Å²) in [6.45, 7) is 1.95. The van der Waals surface area contributed by atoms with E-state index in [1.807, 2.05) is 6.92 Å². The average molecular weight is 208 g/mol. The highest BCUT2D eigenvalue weighted by Gasteiger charge is 2.05. The minimum atomic E-state index is -1.75. The van der Waals surface area contributed by atoms with Crippen molar-refractivity contribution in [3.05, 3.63) is 0 Å². The van der Waals surface area contributed by atoms with Crippen molar-refractivity contribution in [3.8, 4) is 0 Å². The molecular weight excluding hydrogens is 192 g/mol. The lowest BCUT2D eigenvalue weighted by atomic mass is 10.4. The lowest BCUT2D eigenvalue weighted by Gasteiger charge is -2.00. The number of thiol groups is 1. The maximum Gasteiger partial charge on any atom is 0.166 e. The fourth-order valence-electron chi connectivity index (χ4n) is 0.348. The Morgan fingerprint density at radius 1 is 1.45 bits per heavy atom. The van der Waals surface area contributed by atoms with Crippen LogP contribution in [-0.2, 0) is 11.1 Å². The molecule has 7 heteroatoms. The Morgan fingerprint density at radius 3 is 1.91 bits per heavy atom. The third-order valence-corrected chi connectivity index (χ3v) is 2.27. The summed E-state index contributed by atoms with van der Waals surface area (Å²) in [4.78, 5) is 0. The summed E-state index contributed by atoms with van der Waals surface area (Å²) in [5.74, 6) is 0. The topological polar surface area (TPSA) is 132 Å². The Morgan fingerprint density at radius 2 is 1.82 bits per heavy atom. The van der Waals surface area contributed by atoms with Crippen LogP contribution in [0.15, 0.2) is 0 Å². The van der Waals surface area contributed by atoms with Gasteiger partial charge in [0.05, 0.1) is 0 Å². The first-order valence-corrected chi connectivity index (χ1v) is 4.14. The van der Waals surface area contributed by atoms with Gasteiger partial charge in [0.15, 0.2) is 11.1 Å². The molecule has 2 atom stereocenters. The van der Waals surface area contributed by atoms with Gasteiger partial charge in [-0.3, -0.25) is 0 Å². The predicted molar refractivity (Wildman–Crippen MR) is 49.3 cm³/mol. The van der Waals surface area contributed by atoms with Gasteiger partial charge < -0.3 is 21.0 Å². The van der Waals surface area contributed by atoms with E-state index >= 15 is 0 Å². The van der Waals surface area contributed by atoms with E-state index in [1.54, 1.807) is 0 Å². The Hall–Kier alpha value is 0.340. The zero-order valence-corrected chi connectivity index (χ0v) is 7.91. The third kappa shape index (κ3) is 13.3. The van der Waals surface area contributed by atoms with E-state index < -0.39 is 11.1 Å². The van der Waals surface area contributed by atoms with Gasteiger partial charge in [0.25, 0.3) is 0 Å². The smallest absolute Gasteiger partial charge is 0.166 e. The molecule has 0 aromatic rings. The Kier molecular flexibility index (Phi) is 26.5. The summed E-state index contributed by atoms with van der Waals surface area (Å²) in [6, 6.07) is 0. The summed E-state index contributed by atoms with van der Waals surface area (Å²) in [7, 11) is 0. The molecule has 0 aromatic heterocycles. The summed E-state index contributed by atoms with van der Waals surface area (Å²) in [5, 5.41) is 0. The van der Waals surface area contributed by atoms with Crippen LogP contribution in [0.3, 0.4) is 0 Å². The molecule has 0 bridgehead atoms. The van der Waals surface area contributed by atoms with Crippen LogP contribution in [0.25, 0.3) is 0 Å². The number of rotatable bonds is 3. The van der Waals surface area contributed by atoms with Crippen molar-refractivity contribution >= 4 is 23.7 Å². The molecule has 74 valence electrons. The van der Waals surface area contributed by atoms with Crippen LogP contribution in [0.4, 0.5) is 0 Å². The monoisotopic (exact) mass is 208 g/mol. The van der Waals surface area contributed by atoms with Gasteiger partial charge in [-0.25, -0.2) is 4.21 Å². The molecule has 0 saturated carbocycles. The first-order chi connectivity index (χ1) is 3.68. The van der Waals surface area contributed by atoms with Crippen molar-refractivity contribution in [2.75, 3.05) is 0 Å². The maximum atomic E-state index is 10.1. The highest BCUT2D eigenvalue weighted by atomic mass is 32.2. The molecule has 0 rings (SSSR count). The normalized spacial score (nSPS) is 13.0. The number of hydrogen-bond donors (Lipinski definition) is 2. The van der Waals surface area contributed by atoms with E-state index in [0.717, 1.165) is 6.42 Å². The summed E-state index contributed by atoms with van der Waals surface area (Å²) in [6.07, 6.45) is 1.60. The van der Waals surface area contributed by atoms with Crippen molar-refractivity contribution in [3.63, 3.8) is 0 Å². The second kappa shape index (κ2) is 13.0. The van der Waals surface area contributed by atoms with E-state index in [-0.39, 0.29) is 21.0 Å². The minimum Gasteiger partial charge on any atom is -0.412 e. The molecule has 0 aliphatic heterocycles. The van der Waals surface area contributed by atoms with Crippen LogP contribution in [0.5, 0.6) is 0 Å². The van der Waals surface area contributed by atoms with Gasteiger partial charge >= 0.3 is 0 Å². The molecule has 0 amide bonds. The standard InChI is InChI=1S/C4H10O2S2.3H2O/c1-2-3-4(7)8(5)6;;;/h4,7H,2-3H2,1H3,(H,5,6);3*1H2. The van der Waals surface area contributed by atoms with Crippen molar-refractivity contribution < 1.29 is 25.2 Å². The molecular formula is C4H16O5S2. The van der Waals surface area contributed by atoms with E-state index in [0.29, 0.717) is 6.42 Å². The highest BCUT2D eigenvalue weighted by Crippen LogP contribution is 2.06. The fourth-order valence-corrected chi connectivity index (χ4v) is 1.04. The van der Waals surface area contributed by atoms with Crippen molar-refractivity contribution in [1.82, 2.24) is 0 Å². The summed E-state index contributed by atoms with van der Waals surface area (Å²) in [5.41, 5.74) is 0. The molecule has 0 heterocycles. The highest BCUT2D eigenvalue weighted by molar-refractivity contribution is 7.98. The molecule has 7 N–H and O–H groups in total. The van der Waals surface area contributed by atoms with Gasteiger partial charge in [-0.2, -0.15) is 12.6 Å². The van der Waals surface area contributed by atoms with Gasteiger partial charge in [-0.1, -0.05) is 13.3 Å². The first kappa shape index (κ1) is 22.5. The molecule has 2 unspecified atom stereocenters. The maximum absolute atomic E-state index is 10.1. The van der Waals surface area contributed by atoms with Crippen LogP contribution in [0.1, 0.15) is 19.8 Å². The molecule has 0 aromatic carbocycles. The third-order valence-electron chi connectivity index (χ3n) is 0.768. The quantitative estimate of drug-likeness (QED) is 0.445. The average Bonchev–Trinajstić information content (AvgIpc) is 1.67. The Bertz CT molecular complexity index is 88.6. The molecule has 0 spiro atoms. The van der Waals surface area contributed by atoms with Crippen molar-refractivity contribution in [1.29, 1.82) is 0 Å². The van der Waals surface area contributed by atoms with Crippen LogP contribution >= 0.6 is 12.6 Å². The fraction of sp³-hybridized carbons (Fsp3) is 1.00. The zero-order valence-electron chi connectivity index (χ0n) is 6.20. The number of hydrogen-bond acceptors (Lipinski definition) is 2. The van der Waals surface area contributed by atoms with E-state index in [1.165, 1.54) is 0 Å². The van der Waals surface area contributed by atoms with Crippen molar-refractivity contribution in [2.24, 2.45) is 0 Å². The first-order valence-electron chi connectivity index (χ1n) is 2.46. The van der Waals surface area contributed by atoms with Crippen molar-refractivity contribution in [2.45, 2.75) is 24.3 Å². The van der Waals surface area contributed by atoms with Crippen LogP contribution < -0.4 is 0 Å². The van der Waals surface area contributed by atoms with Gasteiger partial charge in [-0.15, -0.1) is 0 Å². The molecule has 0 fully saturated rings. The lowest BCUT2D eigenvalue weighted by molar-refractivity contribution is 0.557. The molecule has 11 heavy (non-hydrogen) atoms. The molecule has 0 radical (unpaired) electrons. The minimum absolute atomic E-state index is 0. The van der Waals surface area contributed by atoms with E-state index in [2.05, 4.69) is 12.6 Å². The molecule has 0 aliphatic carbocycles. The summed E-state index contributed by atoms with van der Waals surface area (Å²) < 4.78 is 18.1. The SMILES string of the molecule is CCCC(S)S(=O)O.O.O.O. The van der Waals surface area contributed by atoms with Crippen LogP contribution in [-0.4, -0.2) is 29.8 Å². The predicted octanol–water partition coefficient (Wildman–Crippen LogP) is -1.21. The second-order valence-electron chi connectivity index (χ2n) is 1.52. The second-order valence-corrected chi connectivity index (χ2v) is 3.61. The summed E-state index contributed by atoms with van der Waals surface area (Å²) >= 11 is 2.11. The van der Waals surface area contributed by atoms with Gasteiger partial charge in [0.1, 0.15) is 4.58 Å². The van der Waals surface area contributed by atoms with Gasteiger partial charge in [0.2, 0.25) is 0 Å².